The van der Waals surface area contributed by atoms with Gasteiger partial charge in [-0.15, -0.1) is 0 Å². The lowest BCUT2D eigenvalue weighted by Gasteiger charge is -2.15. The molecular formula is C13H9F6NO. The van der Waals surface area contributed by atoms with Crippen LogP contribution in [0.5, 0.6) is 0 Å². The number of nitrogens with one attached hydrogen (secondary N) is 1. The van der Waals surface area contributed by atoms with Crippen molar-refractivity contribution in [1.29, 1.82) is 0 Å². The molecule has 0 spiro atoms. The van der Waals surface area contributed by atoms with E-state index in [4.69, 9.17) is 4.42 Å². The molecule has 0 amide bonds. The first-order valence-electron chi connectivity index (χ1n) is 5.72. The molecule has 0 bridgehead atoms. The van der Waals surface area contributed by atoms with Crippen LogP contribution < -0.4 is 5.32 Å². The molecule has 0 aliphatic heterocycles. The number of rotatable bonds is 3. The lowest BCUT2D eigenvalue weighted by molar-refractivity contribution is -0.137. The van der Waals surface area contributed by atoms with Crippen molar-refractivity contribution in [3.8, 4) is 11.3 Å². The average molecular weight is 309 g/mol. The Morgan fingerprint density at radius 3 is 2.24 bits per heavy atom. The topological polar surface area (TPSA) is 25.2 Å². The first-order chi connectivity index (χ1) is 9.67. The summed E-state index contributed by atoms with van der Waals surface area (Å²) in [5.74, 6) is 0.0470. The van der Waals surface area contributed by atoms with Crippen LogP contribution >= 0.6 is 0 Å². The van der Waals surface area contributed by atoms with Crippen LogP contribution in [-0.2, 0) is 6.18 Å². The molecule has 0 aliphatic carbocycles. The van der Waals surface area contributed by atoms with Gasteiger partial charge in [-0.1, -0.05) is 0 Å². The molecule has 0 radical (unpaired) electrons. The summed E-state index contributed by atoms with van der Waals surface area (Å²) in [5, 5.41) is 2.07. The van der Waals surface area contributed by atoms with Crippen LogP contribution in [0.3, 0.4) is 0 Å². The Labute approximate surface area is 115 Å². The van der Waals surface area contributed by atoms with Crippen LogP contribution in [-0.4, -0.2) is 12.7 Å². The minimum Gasteiger partial charge on any atom is -0.464 e. The van der Waals surface area contributed by atoms with Crippen LogP contribution in [0.4, 0.5) is 32.0 Å². The summed E-state index contributed by atoms with van der Waals surface area (Å²) >= 11 is 0. The lowest BCUT2D eigenvalue weighted by Crippen LogP contribution is -2.21. The highest BCUT2D eigenvalue weighted by Crippen LogP contribution is 2.36. The average Bonchev–Trinajstić information content (AvgIpc) is 2.87. The van der Waals surface area contributed by atoms with Gasteiger partial charge in [0.2, 0.25) is 0 Å². The standard InChI is InChI=1S/C13H9F6NO/c14-12(15,16)7-20-10-4-3-8(13(17,18)19)6-9(10)11-2-1-5-21-11/h1-6,20H,7H2. The Morgan fingerprint density at radius 1 is 1.00 bits per heavy atom. The Morgan fingerprint density at radius 2 is 1.71 bits per heavy atom. The fourth-order valence-corrected chi connectivity index (χ4v) is 1.71. The maximum atomic E-state index is 12.7. The molecule has 0 atom stereocenters. The first-order valence-corrected chi connectivity index (χ1v) is 5.72. The molecule has 0 saturated heterocycles. The second kappa shape index (κ2) is 5.34. The van der Waals surface area contributed by atoms with E-state index in [1.54, 1.807) is 0 Å². The SMILES string of the molecule is FC(F)(F)CNc1ccc(C(F)(F)F)cc1-c1ccco1. The first kappa shape index (κ1) is 15.3. The molecule has 2 nitrogen and oxygen atoms in total. The second-order valence-corrected chi connectivity index (χ2v) is 4.20. The van der Waals surface area contributed by atoms with Crippen LogP contribution in [0, 0.1) is 0 Å². The summed E-state index contributed by atoms with van der Waals surface area (Å²) in [5.41, 5.74) is -1.14. The Bertz CT molecular complexity index is 600. The van der Waals surface area contributed by atoms with Gasteiger partial charge in [-0.05, 0) is 30.3 Å². The number of furan rings is 1. The predicted molar refractivity (Wildman–Crippen MR) is 63.7 cm³/mol. The molecular weight excluding hydrogens is 300 g/mol. The van der Waals surface area contributed by atoms with E-state index < -0.39 is 24.5 Å². The largest absolute Gasteiger partial charge is 0.464 e. The van der Waals surface area contributed by atoms with Gasteiger partial charge in [0, 0.05) is 11.3 Å². The fraction of sp³-hybridized carbons (Fsp3) is 0.231. The van der Waals surface area contributed by atoms with Crippen molar-refractivity contribution in [2.24, 2.45) is 0 Å². The number of hydrogen-bond acceptors (Lipinski definition) is 2. The number of benzene rings is 1. The molecule has 8 heteroatoms. The molecule has 114 valence electrons. The van der Waals surface area contributed by atoms with Gasteiger partial charge >= 0.3 is 12.4 Å². The van der Waals surface area contributed by atoms with E-state index in [-0.39, 0.29) is 17.0 Å². The third kappa shape index (κ3) is 3.93. The highest BCUT2D eigenvalue weighted by atomic mass is 19.4. The monoisotopic (exact) mass is 309 g/mol. The van der Waals surface area contributed by atoms with Crippen molar-refractivity contribution in [2.75, 3.05) is 11.9 Å². The zero-order valence-electron chi connectivity index (χ0n) is 10.3. The van der Waals surface area contributed by atoms with Crippen LogP contribution in [0.1, 0.15) is 5.56 Å². The van der Waals surface area contributed by atoms with Crippen LogP contribution in [0.15, 0.2) is 41.0 Å². The van der Waals surface area contributed by atoms with Gasteiger partial charge in [0.1, 0.15) is 12.3 Å². The maximum Gasteiger partial charge on any atom is 0.416 e. The van der Waals surface area contributed by atoms with E-state index >= 15 is 0 Å². The molecule has 2 rings (SSSR count). The molecule has 0 aliphatic rings. The van der Waals surface area contributed by atoms with Gasteiger partial charge in [-0.2, -0.15) is 26.3 Å². The van der Waals surface area contributed by atoms with Crippen molar-refractivity contribution < 1.29 is 30.8 Å². The number of halogens is 6. The van der Waals surface area contributed by atoms with E-state index in [9.17, 15) is 26.3 Å². The van der Waals surface area contributed by atoms with E-state index in [0.29, 0.717) is 6.07 Å². The minimum atomic E-state index is -4.59. The van der Waals surface area contributed by atoms with E-state index in [1.807, 2.05) is 0 Å². The third-order valence-electron chi connectivity index (χ3n) is 2.61. The number of hydrogen-bond donors (Lipinski definition) is 1. The van der Waals surface area contributed by atoms with E-state index in [2.05, 4.69) is 5.32 Å². The molecule has 0 unspecified atom stereocenters. The summed E-state index contributed by atoms with van der Waals surface area (Å²) in [4.78, 5) is 0. The summed E-state index contributed by atoms with van der Waals surface area (Å²) in [6, 6.07) is 5.21. The minimum absolute atomic E-state index is 0.0470. The highest BCUT2D eigenvalue weighted by molar-refractivity contribution is 5.75. The molecule has 0 saturated carbocycles. The molecule has 1 N–H and O–H groups in total. The zero-order valence-corrected chi connectivity index (χ0v) is 10.3. The van der Waals surface area contributed by atoms with Gasteiger partial charge in [-0.3, -0.25) is 0 Å². The van der Waals surface area contributed by atoms with Gasteiger partial charge in [0.25, 0.3) is 0 Å². The van der Waals surface area contributed by atoms with Crippen molar-refractivity contribution in [3.05, 3.63) is 42.2 Å². The smallest absolute Gasteiger partial charge is 0.416 e. The summed E-state index contributed by atoms with van der Waals surface area (Å²) in [6.07, 6.45) is -7.85. The van der Waals surface area contributed by atoms with Gasteiger partial charge in [0.05, 0.1) is 11.8 Å². The van der Waals surface area contributed by atoms with Crippen molar-refractivity contribution in [3.63, 3.8) is 0 Å². The van der Waals surface area contributed by atoms with Crippen molar-refractivity contribution in [2.45, 2.75) is 12.4 Å². The lowest BCUT2D eigenvalue weighted by atomic mass is 10.1. The highest BCUT2D eigenvalue weighted by Gasteiger charge is 2.32. The normalized spacial score (nSPS) is 12.5. The van der Waals surface area contributed by atoms with E-state index in [0.717, 1.165) is 12.1 Å². The zero-order chi connectivity index (χ0) is 15.7. The van der Waals surface area contributed by atoms with Gasteiger partial charge in [0.15, 0.2) is 0 Å². The Balaban J connectivity index is 2.40. The van der Waals surface area contributed by atoms with Crippen molar-refractivity contribution >= 4 is 5.69 Å². The molecule has 1 aromatic carbocycles. The number of alkyl halides is 6. The van der Waals surface area contributed by atoms with Crippen LogP contribution in [0.25, 0.3) is 11.3 Å². The molecule has 21 heavy (non-hydrogen) atoms. The van der Waals surface area contributed by atoms with Crippen molar-refractivity contribution in [1.82, 2.24) is 0 Å². The predicted octanol–water partition coefficient (Wildman–Crippen LogP) is 4.94. The molecule has 1 aromatic heterocycles. The summed E-state index contributed by atoms with van der Waals surface area (Å²) < 4.78 is 79.7. The molecule has 1 heterocycles. The van der Waals surface area contributed by atoms with Gasteiger partial charge in [-0.25, -0.2) is 0 Å². The van der Waals surface area contributed by atoms with Crippen LogP contribution in [0.2, 0.25) is 0 Å². The quantitative estimate of drug-likeness (QED) is 0.812. The second-order valence-electron chi connectivity index (χ2n) is 4.20. The van der Waals surface area contributed by atoms with E-state index in [1.165, 1.54) is 18.4 Å². The Hall–Kier alpha value is -2.12. The summed E-state index contributed by atoms with van der Waals surface area (Å²) in [6.45, 7) is -1.36. The fourth-order valence-electron chi connectivity index (χ4n) is 1.71. The number of anilines is 1. The Kier molecular flexibility index (Phi) is 3.89. The maximum absolute atomic E-state index is 12.7. The third-order valence-corrected chi connectivity index (χ3v) is 2.61. The molecule has 2 aromatic rings. The molecule has 0 fully saturated rings. The van der Waals surface area contributed by atoms with Gasteiger partial charge < -0.3 is 9.73 Å². The summed E-state index contributed by atoms with van der Waals surface area (Å²) in [7, 11) is 0.